The van der Waals surface area contributed by atoms with E-state index < -0.39 is 11.7 Å². The van der Waals surface area contributed by atoms with Gasteiger partial charge in [0, 0.05) is 5.41 Å². The highest BCUT2D eigenvalue weighted by molar-refractivity contribution is 5.69. The molecule has 1 aliphatic heterocycles. The van der Waals surface area contributed by atoms with E-state index in [4.69, 9.17) is 14.2 Å². The summed E-state index contributed by atoms with van der Waals surface area (Å²) >= 11 is 0. The van der Waals surface area contributed by atoms with Crippen LogP contribution in [0.4, 0.5) is 13.2 Å². The third-order valence-corrected chi connectivity index (χ3v) is 6.63. The van der Waals surface area contributed by atoms with E-state index in [1.54, 1.807) is 24.3 Å². The van der Waals surface area contributed by atoms with E-state index >= 15 is 0 Å². The fraction of sp³-hybridized carbons (Fsp3) is 0.357. The lowest BCUT2D eigenvalue weighted by atomic mass is 9.74. The molecule has 0 saturated carbocycles. The van der Waals surface area contributed by atoms with Crippen molar-refractivity contribution in [2.45, 2.75) is 31.0 Å². The number of benzene rings is 3. The molecule has 35 heavy (non-hydrogen) atoms. The molecule has 1 N–H and O–H groups in total. The fourth-order valence-electron chi connectivity index (χ4n) is 4.70. The Morgan fingerprint density at radius 3 is 2.20 bits per heavy atom. The smallest absolute Gasteiger partial charge is 0.416 e. The first-order valence-corrected chi connectivity index (χ1v) is 11.6. The van der Waals surface area contributed by atoms with Gasteiger partial charge in [-0.05, 0) is 78.5 Å². The number of hydrogen-bond donors (Lipinski definition) is 1. The highest BCUT2D eigenvalue weighted by Crippen LogP contribution is 2.38. The van der Waals surface area contributed by atoms with Gasteiger partial charge in [-0.25, -0.2) is 0 Å². The minimum absolute atomic E-state index is 0.0895. The van der Waals surface area contributed by atoms with E-state index in [1.165, 1.54) is 25.8 Å². The monoisotopic (exact) mass is 485 g/mol. The largest absolute Gasteiger partial charge is 0.493 e. The molecule has 1 saturated heterocycles. The fourth-order valence-corrected chi connectivity index (χ4v) is 4.70. The summed E-state index contributed by atoms with van der Waals surface area (Å²) in [5.41, 5.74) is 1.87. The topological polar surface area (TPSA) is 39.7 Å². The standard InChI is InChI=1S/C28H30F3NO3/c1-33-25-9-8-21(17-26(25)34-2)22-14-20(15-24(16-22)28(29,30)31)18-35-19-27(10-12-32-13-11-27)23-6-4-3-5-7-23/h3-9,14-17,32H,10-13,18-19H2,1-2H3. The van der Waals surface area contributed by atoms with Crippen LogP contribution >= 0.6 is 0 Å². The summed E-state index contributed by atoms with van der Waals surface area (Å²) in [5, 5.41) is 3.38. The van der Waals surface area contributed by atoms with Crippen molar-refractivity contribution in [1.82, 2.24) is 5.32 Å². The summed E-state index contributed by atoms with van der Waals surface area (Å²) < 4.78 is 57.9. The maximum atomic E-state index is 13.7. The molecule has 4 rings (SSSR count). The van der Waals surface area contributed by atoms with E-state index in [0.29, 0.717) is 34.8 Å². The second kappa shape index (κ2) is 10.7. The number of rotatable bonds is 8. The minimum atomic E-state index is -4.47. The molecule has 1 fully saturated rings. The van der Waals surface area contributed by atoms with E-state index in [2.05, 4.69) is 17.4 Å². The molecule has 0 aromatic heterocycles. The molecule has 186 valence electrons. The second-order valence-corrected chi connectivity index (χ2v) is 8.88. The molecule has 0 atom stereocenters. The summed E-state index contributed by atoms with van der Waals surface area (Å²) in [7, 11) is 3.01. The zero-order valence-corrected chi connectivity index (χ0v) is 20.0. The molecule has 0 bridgehead atoms. The average molecular weight is 486 g/mol. The number of nitrogens with one attached hydrogen (secondary N) is 1. The first-order valence-electron chi connectivity index (χ1n) is 11.6. The molecule has 1 aliphatic rings. The van der Waals surface area contributed by atoms with Crippen LogP contribution in [0.3, 0.4) is 0 Å². The molecule has 4 nitrogen and oxygen atoms in total. The van der Waals surface area contributed by atoms with Gasteiger partial charge < -0.3 is 19.5 Å². The zero-order chi connectivity index (χ0) is 24.9. The van der Waals surface area contributed by atoms with Crippen LogP contribution in [0.1, 0.15) is 29.5 Å². The summed E-state index contributed by atoms with van der Waals surface area (Å²) in [6, 6.07) is 19.4. The molecule has 0 radical (unpaired) electrons. The molecule has 3 aromatic carbocycles. The minimum Gasteiger partial charge on any atom is -0.493 e. The van der Waals surface area contributed by atoms with Crippen molar-refractivity contribution >= 4 is 0 Å². The number of alkyl halides is 3. The first kappa shape index (κ1) is 25.1. The third kappa shape index (κ3) is 5.80. The van der Waals surface area contributed by atoms with Gasteiger partial charge in [-0.1, -0.05) is 36.4 Å². The highest BCUT2D eigenvalue weighted by Gasteiger charge is 2.34. The van der Waals surface area contributed by atoms with Crippen LogP contribution < -0.4 is 14.8 Å². The van der Waals surface area contributed by atoms with Crippen LogP contribution in [0.5, 0.6) is 11.5 Å². The lowest BCUT2D eigenvalue weighted by Gasteiger charge is -2.38. The SMILES string of the molecule is COc1ccc(-c2cc(COCC3(c4ccccc4)CCNCC3)cc(C(F)(F)F)c2)cc1OC. The van der Waals surface area contributed by atoms with Crippen LogP contribution in [-0.4, -0.2) is 33.9 Å². The molecule has 0 amide bonds. The maximum Gasteiger partial charge on any atom is 0.416 e. The molecule has 7 heteroatoms. The van der Waals surface area contributed by atoms with Gasteiger partial charge in [0.25, 0.3) is 0 Å². The van der Waals surface area contributed by atoms with Crippen molar-refractivity contribution in [3.05, 3.63) is 83.4 Å². The lowest BCUT2D eigenvalue weighted by molar-refractivity contribution is -0.137. The van der Waals surface area contributed by atoms with Gasteiger partial charge in [0.15, 0.2) is 11.5 Å². The molecule has 1 heterocycles. The van der Waals surface area contributed by atoms with Crippen LogP contribution in [-0.2, 0) is 22.9 Å². The van der Waals surface area contributed by atoms with E-state index in [-0.39, 0.29) is 12.0 Å². The second-order valence-electron chi connectivity index (χ2n) is 8.88. The normalized spacial score (nSPS) is 15.6. The number of hydrogen-bond acceptors (Lipinski definition) is 4. The Morgan fingerprint density at radius 1 is 0.829 bits per heavy atom. The van der Waals surface area contributed by atoms with Gasteiger partial charge in [-0.2, -0.15) is 13.2 Å². The lowest BCUT2D eigenvalue weighted by Crippen LogP contribution is -2.43. The predicted octanol–water partition coefficient (Wildman–Crippen LogP) is 6.23. The number of methoxy groups -OCH3 is 2. The molecular formula is C28H30F3NO3. The van der Waals surface area contributed by atoms with E-state index in [0.717, 1.165) is 32.0 Å². The summed E-state index contributed by atoms with van der Waals surface area (Å²) in [6.07, 6.45) is -2.64. The van der Waals surface area contributed by atoms with E-state index in [9.17, 15) is 13.2 Å². The Balaban J connectivity index is 1.60. The maximum absolute atomic E-state index is 13.7. The first-order chi connectivity index (χ1) is 16.8. The number of halogens is 3. The van der Waals surface area contributed by atoms with Crippen molar-refractivity contribution in [3.8, 4) is 22.6 Å². The van der Waals surface area contributed by atoms with Crippen LogP contribution in [0.25, 0.3) is 11.1 Å². The van der Waals surface area contributed by atoms with Crippen molar-refractivity contribution in [2.24, 2.45) is 0 Å². The highest BCUT2D eigenvalue weighted by atomic mass is 19.4. The van der Waals surface area contributed by atoms with E-state index in [1.807, 2.05) is 18.2 Å². The van der Waals surface area contributed by atoms with Crippen LogP contribution in [0.15, 0.2) is 66.7 Å². The summed E-state index contributed by atoms with van der Waals surface area (Å²) in [4.78, 5) is 0. The molecule has 0 spiro atoms. The Labute approximate surface area is 204 Å². The van der Waals surface area contributed by atoms with Crippen molar-refractivity contribution in [1.29, 1.82) is 0 Å². The van der Waals surface area contributed by atoms with Crippen molar-refractivity contribution in [3.63, 3.8) is 0 Å². The van der Waals surface area contributed by atoms with Crippen LogP contribution in [0, 0.1) is 0 Å². The van der Waals surface area contributed by atoms with Gasteiger partial charge >= 0.3 is 6.18 Å². The van der Waals surface area contributed by atoms with Crippen molar-refractivity contribution in [2.75, 3.05) is 33.9 Å². The molecule has 0 aliphatic carbocycles. The molecule has 3 aromatic rings. The average Bonchev–Trinajstić information content (AvgIpc) is 2.88. The molecular weight excluding hydrogens is 455 g/mol. The third-order valence-electron chi connectivity index (χ3n) is 6.63. The van der Waals surface area contributed by atoms with Crippen molar-refractivity contribution < 1.29 is 27.4 Å². The number of ether oxygens (including phenoxy) is 3. The zero-order valence-electron chi connectivity index (χ0n) is 20.0. The quantitative estimate of drug-likeness (QED) is 0.411. The van der Waals surface area contributed by atoms with Gasteiger partial charge in [0.2, 0.25) is 0 Å². The Bertz CT molecular complexity index is 1130. The van der Waals surface area contributed by atoms with Crippen LogP contribution in [0.2, 0.25) is 0 Å². The van der Waals surface area contributed by atoms with Gasteiger partial charge in [-0.15, -0.1) is 0 Å². The summed E-state index contributed by atoms with van der Waals surface area (Å²) in [6.45, 7) is 2.30. The van der Waals surface area contributed by atoms with Gasteiger partial charge in [-0.3, -0.25) is 0 Å². The van der Waals surface area contributed by atoms with Gasteiger partial charge in [0.1, 0.15) is 0 Å². The molecule has 0 unspecified atom stereocenters. The Hall–Kier alpha value is -3.03. The Kier molecular flexibility index (Phi) is 7.67. The predicted molar refractivity (Wildman–Crippen MR) is 130 cm³/mol. The Morgan fingerprint density at radius 2 is 1.54 bits per heavy atom. The number of piperidine rings is 1. The summed E-state index contributed by atoms with van der Waals surface area (Å²) in [5.74, 6) is 0.968. The van der Waals surface area contributed by atoms with Gasteiger partial charge in [0.05, 0.1) is 33.0 Å².